The molecule has 3 heteroatoms. The normalized spacial score (nSPS) is 9.57. The van der Waals surface area contributed by atoms with E-state index in [9.17, 15) is 0 Å². The summed E-state index contributed by atoms with van der Waals surface area (Å²) in [4.78, 5) is 5.65. The van der Waals surface area contributed by atoms with E-state index in [1.54, 1.807) is 11.3 Å². The Morgan fingerprint density at radius 3 is 2.64 bits per heavy atom. The van der Waals surface area contributed by atoms with Gasteiger partial charge in [-0.25, -0.2) is 4.98 Å². The summed E-state index contributed by atoms with van der Waals surface area (Å²) in [7, 11) is 0. The fourth-order valence-corrected chi connectivity index (χ4v) is 2.25. The van der Waals surface area contributed by atoms with Crippen LogP contribution in [-0.2, 0) is 0 Å². The number of hydrogen-bond acceptors (Lipinski definition) is 2. The molecule has 2 rings (SSSR count). The molecule has 0 bridgehead atoms. The largest absolute Gasteiger partial charge is 0.247 e. The molecule has 70 valence electrons. The third kappa shape index (κ3) is 2.63. The van der Waals surface area contributed by atoms with Crippen molar-refractivity contribution < 1.29 is 41.7 Å². The Bertz CT molecular complexity index is 408. The van der Waals surface area contributed by atoms with E-state index < -0.39 is 0 Å². The number of aryl methyl sites for hydroxylation is 2. The summed E-state index contributed by atoms with van der Waals surface area (Å²) in [5.74, 6) is 0. The van der Waals surface area contributed by atoms with E-state index in [4.69, 9.17) is 0 Å². The number of rotatable bonds is 1. The molecule has 0 spiro atoms. The van der Waals surface area contributed by atoms with Gasteiger partial charge in [0.15, 0.2) is 0 Å². The van der Waals surface area contributed by atoms with Crippen LogP contribution in [0.25, 0.3) is 10.4 Å². The third-order valence-corrected chi connectivity index (χ3v) is 2.99. The van der Waals surface area contributed by atoms with E-state index in [1.807, 2.05) is 32.0 Å². The minimum absolute atomic E-state index is 0. The number of thiazole rings is 1. The molecule has 0 aliphatic rings. The summed E-state index contributed by atoms with van der Waals surface area (Å²) < 4.78 is 0. The minimum Gasteiger partial charge on any atom is -0.247 e. The van der Waals surface area contributed by atoms with Gasteiger partial charge in [0.05, 0.1) is 5.01 Å². The maximum Gasteiger partial charge on any atom is 0.0892 e. The van der Waals surface area contributed by atoms with Gasteiger partial charge in [-0.15, -0.1) is 16.9 Å². The van der Waals surface area contributed by atoms with Crippen molar-refractivity contribution in [2.45, 2.75) is 13.8 Å². The van der Waals surface area contributed by atoms with Gasteiger partial charge in [-0.3, -0.25) is 0 Å². The second-order valence-corrected chi connectivity index (χ2v) is 4.14. The molecule has 0 saturated carbocycles. The van der Waals surface area contributed by atoms with Crippen molar-refractivity contribution in [3.05, 3.63) is 41.0 Å². The zero-order chi connectivity index (χ0) is 9.26. The van der Waals surface area contributed by atoms with Crippen molar-refractivity contribution in [1.29, 1.82) is 0 Å². The first-order valence-electron chi connectivity index (χ1n) is 4.18. The predicted octanol–water partition coefficient (Wildman–Crippen LogP) is 3.23. The van der Waals surface area contributed by atoms with Crippen molar-refractivity contribution in [2.24, 2.45) is 0 Å². The standard InChI is InChI=1S/C11H10NS.Ce/c1-8-11(13-9(2)12-8)10-6-4-3-5-7-10;/h3-4,6-7H,1-2H3;/q-1;. The van der Waals surface area contributed by atoms with E-state index >= 15 is 0 Å². The minimum atomic E-state index is 0. The van der Waals surface area contributed by atoms with Gasteiger partial charge in [-0.2, -0.15) is 30.3 Å². The fraction of sp³-hybridized carbons (Fsp3) is 0.182. The van der Waals surface area contributed by atoms with Gasteiger partial charge in [-0.1, -0.05) is 0 Å². The second-order valence-electron chi connectivity index (χ2n) is 2.94. The molecule has 0 aliphatic heterocycles. The van der Waals surface area contributed by atoms with E-state index in [0.29, 0.717) is 0 Å². The van der Waals surface area contributed by atoms with E-state index in [0.717, 1.165) is 10.7 Å². The Labute approximate surface area is 122 Å². The van der Waals surface area contributed by atoms with Gasteiger partial charge < -0.3 is 0 Å². The molecule has 1 aromatic heterocycles. The van der Waals surface area contributed by atoms with Crippen LogP contribution >= 0.6 is 11.3 Å². The Morgan fingerprint density at radius 2 is 2.14 bits per heavy atom. The maximum atomic E-state index is 4.39. The first-order valence-corrected chi connectivity index (χ1v) is 4.99. The van der Waals surface area contributed by atoms with Crippen LogP contribution in [0.4, 0.5) is 0 Å². The molecule has 0 fully saturated rings. The average Bonchev–Trinajstić information content (AvgIpc) is 2.47. The van der Waals surface area contributed by atoms with E-state index in [2.05, 4.69) is 17.1 Å². The van der Waals surface area contributed by atoms with E-state index in [1.165, 1.54) is 10.4 Å². The molecule has 0 atom stereocenters. The molecule has 1 heterocycles. The van der Waals surface area contributed by atoms with Gasteiger partial charge in [0.25, 0.3) is 0 Å². The van der Waals surface area contributed by atoms with Crippen LogP contribution in [0.15, 0.2) is 24.3 Å². The molecule has 0 unspecified atom stereocenters. The van der Waals surface area contributed by atoms with Gasteiger partial charge in [-0.05, 0) is 13.8 Å². The smallest absolute Gasteiger partial charge is 0.0892 e. The predicted molar refractivity (Wildman–Crippen MR) is 55.9 cm³/mol. The SMILES string of the molecule is Cc1nc(C)c(-c2c[c-]ccc2)s1.[Ce]. The Hall–Kier alpha value is 0.227. The summed E-state index contributed by atoms with van der Waals surface area (Å²) in [5.41, 5.74) is 2.33. The molecule has 0 N–H and O–H groups in total. The summed E-state index contributed by atoms with van der Waals surface area (Å²) in [6.07, 6.45) is 0. The van der Waals surface area contributed by atoms with Crippen molar-refractivity contribution in [3.8, 4) is 10.4 Å². The molecule has 1 aromatic carbocycles. The number of benzene rings is 1. The quantitative estimate of drug-likeness (QED) is 0.733. The Morgan fingerprint density at radius 1 is 1.36 bits per heavy atom. The zero-order valence-electron chi connectivity index (χ0n) is 8.16. The zero-order valence-corrected chi connectivity index (χ0v) is 12.1. The second kappa shape index (κ2) is 5.35. The first-order chi connectivity index (χ1) is 6.27. The van der Waals surface area contributed by atoms with E-state index in [-0.39, 0.29) is 41.7 Å². The van der Waals surface area contributed by atoms with Gasteiger partial charge in [0.1, 0.15) is 0 Å². The molecule has 2 aromatic rings. The average molecular weight is 328 g/mol. The van der Waals surface area contributed by atoms with Crippen LogP contribution in [0.2, 0.25) is 0 Å². The third-order valence-electron chi connectivity index (χ3n) is 1.87. The van der Waals surface area contributed by atoms with Gasteiger partial charge in [0, 0.05) is 52.3 Å². The number of hydrogen-bond donors (Lipinski definition) is 0. The molecule has 0 saturated heterocycles. The van der Waals surface area contributed by atoms with Crippen molar-refractivity contribution in [1.82, 2.24) is 4.98 Å². The first kappa shape index (κ1) is 12.3. The van der Waals surface area contributed by atoms with Crippen molar-refractivity contribution >= 4 is 11.3 Å². The Kier molecular flexibility index (Phi) is 4.70. The van der Waals surface area contributed by atoms with Crippen LogP contribution in [0, 0.1) is 61.7 Å². The number of nitrogens with zero attached hydrogens (tertiary/aromatic N) is 1. The molecule has 0 amide bonds. The molecule has 14 heavy (non-hydrogen) atoms. The molecular weight excluding hydrogens is 318 g/mol. The summed E-state index contributed by atoms with van der Waals surface area (Å²) >= 11 is 1.74. The summed E-state index contributed by atoms with van der Waals surface area (Å²) in [5, 5.41) is 1.12. The molecule has 0 aliphatic carbocycles. The summed E-state index contributed by atoms with van der Waals surface area (Å²) in [6, 6.07) is 11.1. The fourth-order valence-electron chi connectivity index (χ4n) is 1.33. The summed E-state index contributed by atoms with van der Waals surface area (Å²) in [6.45, 7) is 4.08. The van der Waals surface area contributed by atoms with Crippen LogP contribution in [0.1, 0.15) is 10.7 Å². The van der Waals surface area contributed by atoms with Crippen LogP contribution in [0.5, 0.6) is 0 Å². The van der Waals surface area contributed by atoms with Crippen LogP contribution in [0.3, 0.4) is 0 Å². The van der Waals surface area contributed by atoms with Crippen LogP contribution < -0.4 is 0 Å². The topological polar surface area (TPSA) is 12.9 Å². The molecule has 0 radical (unpaired) electrons. The van der Waals surface area contributed by atoms with Crippen LogP contribution in [-0.4, -0.2) is 4.98 Å². The number of aromatic nitrogens is 1. The molecule has 1 nitrogen and oxygen atoms in total. The van der Waals surface area contributed by atoms with Gasteiger partial charge in [0.2, 0.25) is 0 Å². The van der Waals surface area contributed by atoms with Crippen molar-refractivity contribution in [3.63, 3.8) is 0 Å². The Balaban J connectivity index is 0.000000980. The monoisotopic (exact) mass is 328 g/mol. The van der Waals surface area contributed by atoms with Gasteiger partial charge >= 0.3 is 0 Å². The van der Waals surface area contributed by atoms with Crippen molar-refractivity contribution in [2.75, 3.05) is 0 Å². The maximum absolute atomic E-state index is 4.39. The molecular formula is C11H10CeNS-.